The number of carboxylic acid groups (broad SMARTS) is 1. The van der Waals surface area contributed by atoms with E-state index in [2.05, 4.69) is 20.8 Å². The largest absolute Gasteiger partial charge is 0.477 e. The minimum absolute atomic E-state index is 0.439. The number of hydrogen-bond donors (Lipinski definition) is 2. The maximum Gasteiger partial charge on any atom is 0.362 e. The molecule has 0 amide bonds. The minimum atomic E-state index is -0.894. The van der Waals surface area contributed by atoms with Crippen molar-refractivity contribution in [3.8, 4) is 11.4 Å². The van der Waals surface area contributed by atoms with E-state index in [0.29, 0.717) is 18.8 Å². The summed E-state index contributed by atoms with van der Waals surface area (Å²) >= 11 is 0. The van der Waals surface area contributed by atoms with Gasteiger partial charge in [0, 0.05) is 24.0 Å². The van der Waals surface area contributed by atoms with E-state index in [4.69, 9.17) is 5.11 Å². The lowest BCUT2D eigenvalue weighted by Crippen LogP contribution is -2.66. The van der Waals surface area contributed by atoms with Crippen molar-refractivity contribution < 1.29 is 20.3 Å². The van der Waals surface area contributed by atoms with Crippen LogP contribution in [0.1, 0.15) is 6.42 Å². The summed E-state index contributed by atoms with van der Waals surface area (Å²) in [7, 11) is 0. The molecule has 0 saturated carbocycles. The zero-order valence-corrected chi connectivity index (χ0v) is 10.3. The van der Waals surface area contributed by atoms with Crippen molar-refractivity contribution in [3.05, 3.63) is 36.9 Å². The number of rotatable bonds is 5. The summed E-state index contributed by atoms with van der Waals surface area (Å²) in [5.41, 5.74) is 4.38. The van der Waals surface area contributed by atoms with Crippen molar-refractivity contribution in [3.63, 3.8) is 0 Å². The summed E-state index contributed by atoms with van der Waals surface area (Å²) in [5.74, 6) is -0.280. The lowest BCUT2D eigenvalue weighted by Gasteiger charge is -2.00. The Balaban J connectivity index is 2.01. The van der Waals surface area contributed by atoms with E-state index in [9.17, 15) is 4.79 Å². The smallest absolute Gasteiger partial charge is 0.362 e. The van der Waals surface area contributed by atoms with Gasteiger partial charge in [-0.25, -0.2) is 14.8 Å². The van der Waals surface area contributed by atoms with Gasteiger partial charge < -0.3 is 10.8 Å². The number of aromatic nitrogens is 4. The highest BCUT2D eigenvalue weighted by Crippen LogP contribution is 2.09. The number of hydrogen-bond acceptors (Lipinski definition) is 4. The van der Waals surface area contributed by atoms with E-state index >= 15 is 0 Å². The Morgan fingerprint density at radius 3 is 2.74 bits per heavy atom. The van der Waals surface area contributed by atoms with Gasteiger partial charge in [-0.05, 0) is 11.2 Å². The quantitative estimate of drug-likeness (QED) is 0.665. The zero-order valence-electron chi connectivity index (χ0n) is 10.3. The summed E-state index contributed by atoms with van der Waals surface area (Å²) in [6.45, 7) is 0.510. The molecule has 0 aromatic carbocycles. The molecule has 0 aliphatic rings. The number of carboxylic acids is 1. The van der Waals surface area contributed by atoms with Crippen molar-refractivity contribution >= 4 is 5.97 Å². The molecule has 0 radical (unpaired) electrons. The molecule has 2 aromatic heterocycles. The van der Waals surface area contributed by atoms with E-state index < -0.39 is 12.0 Å². The van der Waals surface area contributed by atoms with Crippen molar-refractivity contribution in [2.24, 2.45) is 0 Å². The van der Waals surface area contributed by atoms with Crippen LogP contribution in [0.2, 0.25) is 0 Å². The molecule has 2 heterocycles. The number of aliphatic carboxylic acids is 1. The monoisotopic (exact) mass is 261 g/mol. The van der Waals surface area contributed by atoms with Crippen LogP contribution in [0.15, 0.2) is 36.9 Å². The fourth-order valence-electron chi connectivity index (χ4n) is 1.51. The first-order chi connectivity index (χ1) is 9.16. The lowest BCUT2D eigenvalue weighted by molar-refractivity contribution is -0.756. The molecule has 0 unspecified atom stereocenters. The normalized spacial score (nSPS) is 12.1. The van der Waals surface area contributed by atoms with Gasteiger partial charge >= 0.3 is 5.97 Å². The third-order valence-electron chi connectivity index (χ3n) is 2.65. The first kappa shape index (κ1) is 13.0. The topological polar surface area (TPSA) is 107 Å². The van der Waals surface area contributed by atoms with Crippen LogP contribution in [0, 0.1) is 0 Å². The second-order valence-electron chi connectivity index (χ2n) is 4.07. The van der Waals surface area contributed by atoms with Crippen LogP contribution >= 0.6 is 0 Å². The van der Waals surface area contributed by atoms with Gasteiger partial charge in [-0.3, -0.25) is 0 Å². The number of quaternary nitrogens is 1. The van der Waals surface area contributed by atoms with E-state index in [1.807, 2.05) is 6.07 Å². The highest BCUT2D eigenvalue weighted by atomic mass is 16.4. The van der Waals surface area contributed by atoms with Gasteiger partial charge in [0.05, 0.1) is 6.42 Å². The summed E-state index contributed by atoms with van der Waals surface area (Å²) in [6.07, 6.45) is 7.22. The van der Waals surface area contributed by atoms with E-state index in [-0.39, 0.29) is 0 Å². The third-order valence-corrected chi connectivity index (χ3v) is 2.65. The SMILES string of the molecule is [NH3+][C@H](CC[n+]1ccc(-c2ncccn2)cn1)C(=O)O. The molecule has 98 valence electrons. The maximum atomic E-state index is 10.7. The van der Waals surface area contributed by atoms with Gasteiger partial charge in [0.25, 0.3) is 0 Å². The van der Waals surface area contributed by atoms with Crippen LogP contribution in [0.3, 0.4) is 0 Å². The molecule has 4 N–H and O–H groups in total. The molecule has 0 fully saturated rings. The average molecular weight is 261 g/mol. The summed E-state index contributed by atoms with van der Waals surface area (Å²) in [6, 6.07) is 2.98. The lowest BCUT2D eigenvalue weighted by atomic mass is 10.2. The van der Waals surface area contributed by atoms with Crippen molar-refractivity contribution in [2.45, 2.75) is 19.0 Å². The minimum Gasteiger partial charge on any atom is -0.477 e. The molecular formula is C12H15N5O2+2. The molecule has 2 rings (SSSR count). The second kappa shape index (κ2) is 5.96. The molecule has 0 spiro atoms. The Kier molecular flexibility index (Phi) is 4.09. The number of nitrogens with zero attached hydrogens (tertiary/aromatic N) is 4. The Hall–Kier alpha value is -2.41. The van der Waals surface area contributed by atoms with Crippen LogP contribution in [-0.2, 0) is 11.3 Å². The maximum absolute atomic E-state index is 10.7. The van der Waals surface area contributed by atoms with E-state index in [0.717, 1.165) is 5.56 Å². The molecule has 0 saturated heterocycles. The Morgan fingerprint density at radius 1 is 1.42 bits per heavy atom. The Labute approximate surface area is 109 Å². The molecule has 2 aromatic rings. The molecule has 0 aliphatic carbocycles. The van der Waals surface area contributed by atoms with Crippen molar-refractivity contribution in [1.82, 2.24) is 15.1 Å². The first-order valence-electron chi connectivity index (χ1n) is 5.86. The summed E-state index contributed by atoms with van der Waals surface area (Å²) in [4.78, 5) is 18.9. The highest BCUT2D eigenvalue weighted by Gasteiger charge is 2.18. The van der Waals surface area contributed by atoms with Gasteiger partial charge in [-0.2, -0.15) is 0 Å². The van der Waals surface area contributed by atoms with Crippen LogP contribution in [0.4, 0.5) is 0 Å². The molecule has 1 atom stereocenters. The van der Waals surface area contributed by atoms with Crippen LogP contribution < -0.4 is 10.4 Å². The predicted octanol–water partition coefficient (Wildman–Crippen LogP) is -1.09. The average Bonchev–Trinajstić information content (AvgIpc) is 2.46. The summed E-state index contributed by atoms with van der Waals surface area (Å²) in [5, 5.41) is 12.9. The van der Waals surface area contributed by atoms with Gasteiger partial charge in [-0.15, -0.1) is 0 Å². The molecule has 7 nitrogen and oxygen atoms in total. The van der Waals surface area contributed by atoms with Gasteiger partial charge in [-0.1, -0.05) is 4.68 Å². The Morgan fingerprint density at radius 2 is 2.16 bits per heavy atom. The Bertz CT molecular complexity index is 544. The molecule has 0 aliphatic heterocycles. The van der Waals surface area contributed by atoms with Gasteiger partial charge in [0.2, 0.25) is 0 Å². The fraction of sp³-hybridized carbons (Fsp3) is 0.250. The van der Waals surface area contributed by atoms with Crippen molar-refractivity contribution in [2.75, 3.05) is 0 Å². The molecule has 0 bridgehead atoms. The van der Waals surface area contributed by atoms with Crippen LogP contribution in [0.5, 0.6) is 0 Å². The van der Waals surface area contributed by atoms with Gasteiger partial charge in [0.1, 0.15) is 6.20 Å². The van der Waals surface area contributed by atoms with Crippen LogP contribution in [0.25, 0.3) is 11.4 Å². The fourth-order valence-corrected chi connectivity index (χ4v) is 1.51. The second-order valence-corrected chi connectivity index (χ2v) is 4.07. The molecule has 19 heavy (non-hydrogen) atoms. The number of aryl methyl sites for hydroxylation is 1. The van der Waals surface area contributed by atoms with E-state index in [1.54, 1.807) is 35.5 Å². The van der Waals surface area contributed by atoms with Gasteiger partial charge in [0.15, 0.2) is 24.6 Å². The van der Waals surface area contributed by atoms with Crippen LogP contribution in [-0.4, -0.2) is 32.2 Å². The predicted molar refractivity (Wildman–Crippen MR) is 64.4 cm³/mol. The third kappa shape index (κ3) is 3.52. The molecular weight excluding hydrogens is 246 g/mol. The first-order valence-corrected chi connectivity index (χ1v) is 5.86. The standard InChI is InChI=1S/C12H13N5O2/c13-10(12(18)19)3-7-17-6-2-9(8-16-17)11-14-4-1-5-15-11/h1-2,4-6,8,10H,3,7,13H2/p+2/t10-/m1/s1. The van der Waals surface area contributed by atoms with E-state index in [1.165, 1.54) is 0 Å². The zero-order chi connectivity index (χ0) is 13.7. The highest BCUT2D eigenvalue weighted by molar-refractivity contribution is 5.71. The number of carbonyl (C=O) groups is 1. The summed E-state index contributed by atoms with van der Waals surface area (Å²) < 4.78 is 1.67. The molecule has 7 heteroatoms. The van der Waals surface area contributed by atoms with Crippen molar-refractivity contribution in [1.29, 1.82) is 0 Å².